The van der Waals surface area contributed by atoms with E-state index in [4.69, 9.17) is 29.4 Å². The second-order valence-electron chi connectivity index (χ2n) is 11.7. The molecular formula is C25H37N5O15. The van der Waals surface area contributed by atoms with Crippen molar-refractivity contribution in [2.45, 2.75) is 101 Å². The fourth-order valence-corrected chi connectivity index (χ4v) is 4.72. The number of H-pyrrole nitrogens is 1. The summed E-state index contributed by atoms with van der Waals surface area (Å²) in [6.07, 6.45) is -11.7. The minimum atomic E-state index is -2.12. The number of aromatic nitrogens is 2. The standard InChI is InChI=1S/C25H37N5O15/c1-24(2,3)45-23(40)28-11(15-10(8-41-21(26)38)43-25(4,5)44-15)18(35)27-12(20(36)37)16-13(32)14(33)19(42-16)30-6-9(7-31)17(34)29-22(30)39/h6,10-16,19,31-33H,7-8H2,1-5H3,(H2,26,38)(H,27,35)(H,28,40)(H,36,37)(H,29,34,39)/t10-,11-,12-,13-,14+,15+,16+,19+/m0/s1. The van der Waals surface area contributed by atoms with Gasteiger partial charge in [0.15, 0.2) is 18.1 Å². The summed E-state index contributed by atoms with van der Waals surface area (Å²) in [5.74, 6) is -4.38. The molecule has 252 valence electrons. The molecule has 0 radical (unpaired) electrons. The van der Waals surface area contributed by atoms with Gasteiger partial charge in [-0.1, -0.05) is 0 Å². The number of nitrogens with two attached hydrogens (primary N) is 1. The third-order valence-corrected chi connectivity index (χ3v) is 6.55. The Morgan fingerprint density at radius 2 is 1.73 bits per heavy atom. The van der Waals surface area contributed by atoms with Gasteiger partial charge in [0.25, 0.3) is 5.56 Å². The molecule has 20 heteroatoms. The summed E-state index contributed by atoms with van der Waals surface area (Å²) >= 11 is 0. The molecule has 0 aliphatic carbocycles. The lowest BCUT2D eigenvalue weighted by atomic mass is 10.0. The van der Waals surface area contributed by atoms with Crippen LogP contribution in [0.3, 0.4) is 0 Å². The van der Waals surface area contributed by atoms with Crippen molar-refractivity contribution < 1.29 is 63.3 Å². The fraction of sp³-hybridized carbons (Fsp3) is 0.680. The molecule has 3 rings (SSSR count). The number of hydrogen-bond donors (Lipinski definition) is 8. The lowest BCUT2D eigenvalue weighted by molar-refractivity contribution is -0.156. The second kappa shape index (κ2) is 13.5. The van der Waals surface area contributed by atoms with Crippen LogP contribution in [-0.2, 0) is 39.9 Å². The molecule has 0 aromatic carbocycles. The highest BCUT2D eigenvalue weighted by atomic mass is 16.8. The number of aliphatic hydroxyl groups is 3. The van der Waals surface area contributed by atoms with Crippen LogP contribution >= 0.6 is 0 Å². The highest BCUT2D eigenvalue weighted by molar-refractivity contribution is 5.90. The van der Waals surface area contributed by atoms with Gasteiger partial charge in [0.2, 0.25) is 5.91 Å². The van der Waals surface area contributed by atoms with Crippen molar-refractivity contribution in [3.63, 3.8) is 0 Å². The van der Waals surface area contributed by atoms with Crippen LogP contribution in [0.5, 0.6) is 0 Å². The molecule has 1 aromatic heterocycles. The molecular weight excluding hydrogens is 610 g/mol. The van der Waals surface area contributed by atoms with Crippen LogP contribution < -0.4 is 27.6 Å². The Hall–Kier alpha value is -4.08. The molecule has 8 atom stereocenters. The number of carboxylic acid groups (broad SMARTS) is 1. The SMILES string of the molecule is CC(C)(C)OC(=O)N[C@H](C(=O)N[C@H](C(=O)O)[C@H]1O[C@@H](n2cc(CO)c(=O)[nH]c2=O)[C@H](O)[C@@H]1O)[C@@H]1OC(C)(C)O[C@H]1COC(N)=O. The van der Waals surface area contributed by atoms with E-state index in [0.717, 1.165) is 6.20 Å². The molecule has 0 unspecified atom stereocenters. The Morgan fingerprint density at radius 3 is 2.29 bits per heavy atom. The van der Waals surface area contributed by atoms with Crippen molar-refractivity contribution in [3.05, 3.63) is 32.6 Å². The van der Waals surface area contributed by atoms with Crippen LogP contribution in [0.15, 0.2) is 15.8 Å². The van der Waals surface area contributed by atoms with Crippen LogP contribution in [0.2, 0.25) is 0 Å². The highest BCUT2D eigenvalue weighted by Crippen LogP contribution is 2.32. The van der Waals surface area contributed by atoms with E-state index >= 15 is 0 Å². The number of amides is 3. The highest BCUT2D eigenvalue weighted by Gasteiger charge is 2.53. The Kier molecular flexibility index (Phi) is 10.6. The molecule has 0 bridgehead atoms. The van der Waals surface area contributed by atoms with Gasteiger partial charge in [-0.05, 0) is 34.6 Å². The van der Waals surface area contributed by atoms with Gasteiger partial charge in [-0.25, -0.2) is 19.2 Å². The number of alkyl carbamates (subject to hydrolysis) is 1. The van der Waals surface area contributed by atoms with Gasteiger partial charge in [0.05, 0.1) is 12.2 Å². The number of aliphatic hydroxyl groups excluding tert-OH is 3. The number of primary amides is 1. The van der Waals surface area contributed by atoms with Crippen molar-refractivity contribution in [1.82, 2.24) is 20.2 Å². The van der Waals surface area contributed by atoms with E-state index in [1.807, 2.05) is 4.98 Å². The summed E-state index contributed by atoms with van der Waals surface area (Å²) in [4.78, 5) is 76.1. The minimum Gasteiger partial charge on any atom is -0.480 e. The van der Waals surface area contributed by atoms with Gasteiger partial charge in [-0.15, -0.1) is 0 Å². The summed E-state index contributed by atoms with van der Waals surface area (Å²) in [6, 6.07) is -3.90. The average molecular weight is 648 g/mol. The molecule has 3 amide bonds. The van der Waals surface area contributed by atoms with Crippen LogP contribution in [0.25, 0.3) is 0 Å². The maximum absolute atomic E-state index is 13.7. The molecule has 2 aliphatic heterocycles. The Morgan fingerprint density at radius 1 is 1.09 bits per heavy atom. The number of nitrogens with one attached hydrogen (secondary N) is 3. The third-order valence-electron chi connectivity index (χ3n) is 6.55. The number of aliphatic carboxylic acids is 1. The van der Waals surface area contributed by atoms with E-state index in [-0.39, 0.29) is 5.56 Å². The van der Waals surface area contributed by atoms with Crippen molar-refractivity contribution in [1.29, 1.82) is 0 Å². The zero-order valence-electron chi connectivity index (χ0n) is 24.9. The molecule has 0 saturated carbocycles. The first kappa shape index (κ1) is 35.4. The summed E-state index contributed by atoms with van der Waals surface area (Å²) < 4.78 is 27.7. The van der Waals surface area contributed by atoms with Crippen molar-refractivity contribution in [2.75, 3.05) is 6.61 Å². The maximum atomic E-state index is 13.7. The van der Waals surface area contributed by atoms with E-state index in [1.165, 1.54) is 13.8 Å². The van der Waals surface area contributed by atoms with Crippen molar-refractivity contribution in [2.24, 2.45) is 5.73 Å². The number of carboxylic acids is 1. The molecule has 0 spiro atoms. The van der Waals surface area contributed by atoms with Gasteiger partial charge < -0.3 is 60.5 Å². The van der Waals surface area contributed by atoms with E-state index in [2.05, 4.69) is 10.6 Å². The zero-order chi connectivity index (χ0) is 34.0. The van der Waals surface area contributed by atoms with Crippen LogP contribution in [0, 0.1) is 0 Å². The van der Waals surface area contributed by atoms with Crippen LogP contribution in [0.1, 0.15) is 46.4 Å². The lowest BCUT2D eigenvalue weighted by Gasteiger charge is -2.30. The van der Waals surface area contributed by atoms with Gasteiger partial charge >= 0.3 is 23.8 Å². The summed E-state index contributed by atoms with van der Waals surface area (Å²) in [7, 11) is 0. The number of aromatic amines is 1. The number of hydrogen-bond acceptors (Lipinski definition) is 14. The number of carbonyl (C=O) groups is 4. The minimum absolute atomic E-state index is 0.306. The van der Waals surface area contributed by atoms with Crippen molar-refractivity contribution >= 4 is 24.1 Å². The molecule has 1 aromatic rings. The quantitative estimate of drug-likeness (QED) is 0.124. The molecule has 45 heavy (non-hydrogen) atoms. The zero-order valence-corrected chi connectivity index (χ0v) is 24.9. The first-order valence-corrected chi connectivity index (χ1v) is 13.5. The molecule has 20 nitrogen and oxygen atoms in total. The number of carbonyl (C=O) groups excluding carboxylic acids is 3. The van der Waals surface area contributed by atoms with Gasteiger partial charge in [0.1, 0.15) is 48.8 Å². The second-order valence-corrected chi connectivity index (χ2v) is 11.7. The Balaban J connectivity index is 1.94. The molecule has 2 fully saturated rings. The number of ether oxygens (including phenoxy) is 5. The Labute approximate surface area is 254 Å². The van der Waals surface area contributed by atoms with E-state index in [9.17, 15) is 49.2 Å². The van der Waals surface area contributed by atoms with Gasteiger partial charge in [-0.2, -0.15) is 0 Å². The van der Waals surface area contributed by atoms with Gasteiger partial charge in [-0.3, -0.25) is 19.1 Å². The summed E-state index contributed by atoms with van der Waals surface area (Å²) in [5.41, 5.74) is 1.67. The topological polar surface area (TPSA) is 300 Å². The first-order chi connectivity index (χ1) is 20.7. The first-order valence-electron chi connectivity index (χ1n) is 13.5. The summed E-state index contributed by atoms with van der Waals surface area (Å²) in [6.45, 7) is 6.20. The maximum Gasteiger partial charge on any atom is 0.408 e. The average Bonchev–Trinajstić information content (AvgIpc) is 3.37. The monoisotopic (exact) mass is 647 g/mol. The molecule has 2 aliphatic rings. The predicted octanol–water partition coefficient (Wildman–Crippen LogP) is -3.27. The van der Waals surface area contributed by atoms with Crippen LogP contribution in [0.4, 0.5) is 9.59 Å². The third kappa shape index (κ3) is 8.55. The lowest BCUT2D eigenvalue weighted by Crippen LogP contribution is -2.62. The predicted molar refractivity (Wildman–Crippen MR) is 145 cm³/mol. The molecule has 2 saturated heterocycles. The fourth-order valence-electron chi connectivity index (χ4n) is 4.72. The molecule has 3 heterocycles. The number of rotatable bonds is 10. The molecule has 9 N–H and O–H groups in total. The number of nitrogens with zero attached hydrogens (tertiary/aromatic N) is 1. The van der Waals surface area contributed by atoms with E-state index in [1.54, 1.807) is 20.8 Å². The van der Waals surface area contributed by atoms with E-state index in [0.29, 0.717) is 4.57 Å². The van der Waals surface area contributed by atoms with Crippen molar-refractivity contribution in [3.8, 4) is 0 Å². The largest absolute Gasteiger partial charge is 0.480 e. The van der Waals surface area contributed by atoms with Crippen LogP contribution in [-0.4, -0.2) is 115 Å². The Bertz CT molecular complexity index is 1400. The van der Waals surface area contributed by atoms with E-state index < -0.39 is 109 Å². The summed E-state index contributed by atoms with van der Waals surface area (Å²) in [5, 5.41) is 45.2. The normalized spacial score (nSPS) is 27.3. The van der Waals surface area contributed by atoms with Gasteiger partial charge in [0, 0.05) is 6.20 Å². The smallest absolute Gasteiger partial charge is 0.408 e.